The Balaban J connectivity index is 2.10. The van der Waals surface area contributed by atoms with Gasteiger partial charge in [0.15, 0.2) is 0 Å². The van der Waals surface area contributed by atoms with Gasteiger partial charge in [0, 0.05) is 18.8 Å². The maximum absolute atomic E-state index is 12.9. The lowest BCUT2D eigenvalue weighted by Crippen LogP contribution is -2.47. The summed E-state index contributed by atoms with van der Waals surface area (Å²) in [4.78, 5) is 2.16. The van der Waals surface area contributed by atoms with Crippen molar-refractivity contribution in [2.24, 2.45) is 5.73 Å². The number of nitrogens with zero attached hydrogens (tertiary/aromatic N) is 1. The van der Waals surface area contributed by atoms with Crippen LogP contribution in [-0.2, 0) is 0 Å². The van der Waals surface area contributed by atoms with Crippen molar-refractivity contribution in [2.45, 2.75) is 38.2 Å². The van der Waals surface area contributed by atoms with Crippen LogP contribution in [0.2, 0.25) is 0 Å². The molecule has 1 aromatic rings. The van der Waals surface area contributed by atoms with E-state index >= 15 is 0 Å². The second-order valence-electron chi connectivity index (χ2n) is 5.21. The molecule has 2 N–H and O–H groups in total. The van der Waals surface area contributed by atoms with Crippen LogP contribution in [0.3, 0.4) is 0 Å². The number of hydrogen-bond donors (Lipinski definition) is 1. The lowest BCUT2D eigenvalue weighted by atomic mass is 9.92. The molecule has 0 aromatic heterocycles. The van der Waals surface area contributed by atoms with Gasteiger partial charge < -0.3 is 10.6 Å². The summed E-state index contributed by atoms with van der Waals surface area (Å²) in [6, 6.07) is 8.15. The van der Waals surface area contributed by atoms with Crippen LogP contribution >= 0.6 is 0 Å². The third kappa shape index (κ3) is 2.80. The summed E-state index contributed by atoms with van der Waals surface area (Å²) in [7, 11) is 0. The molecule has 1 aromatic carbocycles. The molecule has 4 heteroatoms. The van der Waals surface area contributed by atoms with E-state index in [4.69, 9.17) is 5.73 Å². The maximum Gasteiger partial charge on any atom is 0.256 e. The smallest absolute Gasteiger partial charge is 0.256 e. The van der Waals surface area contributed by atoms with E-state index < -0.39 is 12.0 Å². The van der Waals surface area contributed by atoms with Crippen LogP contribution < -0.4 is 10.6 Å². The molecule has 1 aliphatic heterocycles. The monoisotopic (exact) mass is 254 g/mol. The Kier molecular flexibility index (Phi) is 3.85. The average molecular weight is 254 g/mol. The fraction of sp³-hybridized carbons (Fsp3) is 0.571. The SMILES string of the molecule is Cc1cccc(N2CCCC(N)(C(F)F)CC2)c1. The fourth-order valence-corrected chi connectivity index (χ4v) is 2.48. The standard InChI is InChI=1S/C14H20F2N2/c1-11-4-2-5-12(10-11)18-8-3-6-14(17,7-9-18)13(15)16/h2,4-5,10,13H,3,6-9,17H2,1H3. The first-order valence-electron chi connectivity index (χ1n) is 6.40. The van der Waals surface area contributed by atoms with E-state index in [-0.39, 0.29) is 0 Å². The summed E-state index contributed by atoms with van der Waals surface area (Å²) in [6.45, 7) is 3.44. The number of rotatable bonds is 2. The highest BCUT2D eigenvalue weighted by Gasteiger charge is 2.37. The second-order valence-corrected chi connectivity index (χ2v) is 5.21. The Labute approximate surface area is 107 Å². The van der Waals surface area contributed by atoms with E-state index in [0.29, 0.717) is 19.4 Å². The van der Waals surface area contributed by atoms with Gasteiger partial charge in [0.1, 0.15) is 0 Å². The minimum atomic E-state index is -2.44. The van der Waals surface area contributed by atoms with Gasteiger partial charge in [0.25, 0.3) is 6.43 Å². The molecule has 1 fully saturated rings. The molecule has 100 valence electrons. The topological polar surface area (TPSA) is 29.3 Å². The molecule has 2 rings (SSSR count). The summed E-state index contributed by atoms with van der Waals surface area (Å²) in [5.74, 6) is 0. The van der Waals surface area contributed by atoms with Crippen LogP contribution in [0.5, 0.6) is 0 Å². The van der Waals surface area contributed by atoms with E-state index in [2.05, 4.69) is 11.0 Å². The van der Waals surface area contributed by atoms with Gasteiger partial charge in [-0.3, -0.25) is 0 Å². The van der Waals surface area contributed by atoms with Crippen LogP contribution in [-0.4, -0.2) is 25.1 Å². The van der Waals surface area contributed by atoms with Crippen molar-refractivity contribution < 1.29 is 8.78 Å². The Hall–Kier alpha value is -1.16. The largest absolute Gasteiger partial charge is 0.371 e. The average Bonchev–Trinajstić information content (AvgIpc) is 2.52. The lowest BCUT2D eigenvalue weighted by molar-refractivity contribution is 0.0466. The van der Waals surface area contributed by atoms with Crippen molar-refractivity contribution in [3.05, 3.63) is 29.8 Å². The van der Waals surface area contributed by atoms with Gasteiger partial charge in [-0.05, 0) is 43.9 Å². The molecule has 0 bridgehead atoms. The molecule has 0 radical (unpaired) electrons. The highest BCUT2D eigenvalue weighted by atomic mass is 19.3. The lowest BCUT2D eigenvalue weighted by Gasteiger charge is -2.27. The first-order valence-corrected chi connectivity index (χ1v) is 6.40. The molecular formula is C14H20F2N2. The molecule has 0 aliphatic carbocycles. The summed E-state index contributed by atoms with van der Waals surface area (Å²) in [5, 5.41) is 0. The molecule has 2 nitrogen and oxygen atoms in total. The van der Waals surface area contributed by atoms with E-state index in [0.717, 1.165) is 18.7 Å². The van der Waals surface area contributed by atoms with Gasteiger partial charge in [0.05, 0.1) is 5.54 Å². The summed E-state index contributed by atoms with van der Waals surface area (Å²) < 4.78 is 25.9. The Morgan fingerprint density at radius 1 is 1.28 bits per heavy atom. The zero-order valence-corrected chi connectivity index (χ0v) is 10.7. The van der Waals surface area contributed by atoms with Gasteiger partial charge in [-0.2, -0.15) is 0 Å². The van der Waals surface area contributed by atoms with E-state index in [1.165, 1.54) is 5.56 Å². The molecule has 0 saturated carbocycles. The number of halogens is 2. The predicted molar refractivity (Wildman–Crippen MR) is 70.2 cm³/mol. The molecule has 0 spiro atoms. The molecule has 1 aliphatic rings. The van der Waals surface area contributed by atoms with Crippen LogP contribution in [0.4, 0.5) is 14.5 Å². The second kappa shape index (κ2) is 5.22. The molecule has 1 atom stereocenters. The van der Waals surface area contributed by atoms with Crippen LogP contribution in [0.1, 0.15) is 24.8 Å². The maximum atomic E-state index is 12.9. The van der Waals surface area contributed by atoms with Gasteiger partial charge in [0.2, 0.25) is 0 Å². The Morgan fingerprint density at radius 2 is 2.06 bits per heavy atom. The van der Waals surface area contributed by atoms with Crippen LogP contribution in [0.25, 0.3) is 0 Å². The van der Waals surface area contributed by atoms with E-state index in [1.54, 1.807) is 0 Å². The minimum absolute atomic E-state index is 0.346. The normalized spacial score (nSPS) is 25.3. The number of aryl methyl sites for hydroxylation is 1. The van der Waals surface area contributed by atoms with Crippen LogP contribution in [0, 0.1) is 6.92 Å². The quantitative estimate of drug-likeness (QED) is 0.879. The minimum Gasteiger partial charge on any atom is -0.371 e. The fourth-order valence-electron chi connectivity index (χ4n) is 2.48. The predicted octanol–water partition coefficient (Wildman–Crippen LogP) is 2.95. The highest BCUT2D eigenvalue weighted by molar-refractivity contribution is 5.48. The number of benzene rings is 1. The van der Waals surface area contributed by atoms with Crippen molar-refractivity contribution in [1.82, 2.24) is 0 Å². The zero-order chi connectivity index (χ0) is 13.2. The van der Waals surface area contributed by atoms with Gasteiger partial charge in [-0.25, -0.2) is 8.78 Å². The third-order valence-electron chi connectivity index (χ3n) is 3.72. The third-order valence-corrected chi connectivity index (χ3v) is 3.72. The summed E-state index contributed by atoms with van der Waals surface area (Å²) in [6.07, 6.45) is -0.977. The van der Waals surface area contributed by atoms with Gasteiger partial charge >= 0.3 is 0 Å². The summed E-state index contributed by atoms with van der Waals surface area (Å²) in [5.41, 5.74) is 6.78. The number of hydrogen-bond acceptors (Lipinski definition) is 2. The van der Waals surface area contributed by atoms with Gasteiger partial charge in [-0.15, -0.1) is 0 Å². The highest BCUT2D eigenvalue weighted by Crippen LogP contribution is 2.28. The van der Waals surface area contributed by atoms with E-state index in [1.807, 2.05) is 25.1 Å². The first-order chi connectivity index (χ1) is 8.51. The zero-order valence-electron chi connectivity index (χ0n) is 10.7. The molecule has 18 heavy (non-hydrogen) atoms. The van der Waals surface area contributed by atoms with Crippen molar-refractivity contribution in [3.8, 4) is 0 Å². The molecule has 0 amide bonds. The van der Waals surface area contributed by atoms with Crippen molar-refractivity contribution >= 4 is 5.69 Å². The van der Waals surface area contributed by atoms with Crippen molar-refractivity contribution in [2.75, 3.05) is 18.0 Å². The van der Waals surface area contributed by atoms with Crippen LogP contribution in [0.15, 0.2) is 24.3 Å². The van der Waals surface area contributed by atoms with Crippen molar-refractivity contribution in [3.63, 3.8) is 0 Å². The number of anilines is 1. The van der Waals surface area contributed by atoms with E-state index in [9.17, 15) is 8.78 Å². The molecule has 1 heterocycles. The number of alkyl halides is 2. The molecule has 1 unspecified atom stereocenters. The van der Waals surface area contributed by atoms with Crippen molar-refractivity contribution in [1.29, 1.82) is 0 Å². The first kappa shape index (κ1) is 13.3. The summed E-state index contributed by atoms with van der Waals surface area (Å²) >= 11 is 0. The Bertz CT molecular complexity index is 409. The number of nitrogens with two attached hydrogens (primary N) is 1. The molecule has 1 saturated heterocycles. The Morgan fingerprint density at radius 3 is 2.72 bits per heavy atom. The van der Waals surface area contributed by atoms with Gasteiger partial charge in [-0.1, -0.05) is 12.1 Å². The molecular weight excluding hydrogens is 234 g/mol.